The van der Waals surface area contributed by atoms with E-state index in [-0.39, 0.29) is 17.8 Å². The molecule has 0 unspecified atom stereocenters. The highest BCUT2D eigenvalue weighted by Gasteiger charge is 2.12. The number of nitro benzene ring substituents is 1. The minimum Gasteiger partial charge on any atom is -0.388 e. The predicted octanol–water partition coefficient (Wildman–Crippen LogP) is 2.31. The topological polar surface area (TPSA) is 90.1 Å². The van der Waals surface area contributed by atoms with Crippen LogP contribution in [-0.2, 0) is 6.54 Å². The third-order valence-corrected chi connectivity index (χ3v) is 3.98. The molecular weight excluding hydrogens is 340 g/mol. The third-order valence-electron chi connectivity index (χ3n) is 3.07. The summed E-state index contributed by atoms with van der Waals surface area (Å²) in [6.07, 6.45) is 1.43. The van der Waals surface area contributed by atoms with Crippen molar-refractivity contribution in [2.45, 2.75) is 13.5 Å². The number of hydrogen-bond acceptors (Lipinski definition) is 5. The molecule has 0 spiro atoms. The summed E-state index contributed by atoms with van der Waals surface area (Å²) in [5.41, 5.74) is 1.73. The summed E-state index contributed by atoms with van der Waals surface area (Å²) >= 11 is 3.20. The number of non-ortho nitro benzene ring substituents is 1. The Hall–Kier alpha value is -2.22. The van der Waals surface area contributed by atoms with Crippen LogP contribution in [0.25, 0.3) is 0 Å². The van der Waals surface area contributed by atoms with E-state index < -0.39 is 4.92 Å². The molecule has 1 aromatic heterocycles. The van der Waals surface area contributed by atoms with Gasteiger partial charge in [-0.05, 0) is 28.9 Å². The highest BCUT2D eigenvalue weighted by Crippen LogP contribution is 2.22. The summed E-state index contributed by atoms with van der Waals surface area (Å²) in [5.74, 6) is 0. The van der Waals surface area contributed by atoms with Crippen molar-refractivity contribution in [3.8, 4) is 0 Å². The van der Waals surface area contributed by atoms with Crippen LogP contribution in [0.3, 0.4) is 0 Å². The SMILES string of the molecule is CNc1ccc([N+](=O)[O-])cc1Cn1cnc(C)c(Br)c1=O. The highest BCUT2D eigenvalue weighted by molar-refractivity contribution is 9.10. The Morgan fingerprint density at radius 2 is 2.19 bits per heavy atom. The van der Waals surface area contributed by atoms with E-state index in [1.165, 1.54) is 23.0 Å². The molecule has 2 aromatic rings. The van der Waals surface area contributed by atoms with Crippen molar-refractivity contribution < 1.29 is 4.92 Å². The molecule has 7 nitrogen and oxygen atoms in total. The lowest BCUT2D eigenvalue weighted by molar-refractivity contribution is -0.384. The van der Waals surface area contributed by atoms with Crippen molar-refractivity contribution in [3.05, 3.63) is 60.7 Å². The lowest BCUT2D eigenvalue weighted by Crippen LogP contribution is -2.23. The first-order valence-electron chi connectivity index (χ1n) is 6.10. The first-order valence-corrected chi connectivity index (χ1v) is 6.90. The van der Waals surface area contributed by atoms with Gasteiger partial charge in [0.05, 0.1) is 23.5 Å². The van der Waals surface area contributed by atoms with Gasteiger partial charge >= 0.3 is 0 Å². The van der Waals surface area contributed by atoms with Crippen LogP contribution >= 0.6 is 15.9 Å². The standard InChI is InChI=1S/C13H13BrN4O3/c1-8-12(14)13(19)17(7-16-8)6-9-5-10(18(20)21)3-4-11(9)15-2/h3-5,7,15H,6H2,1-2H3. The van der Waals surface area contributed by atoms with Gasteiger partial charge in [0, 0.05) is 30.4 Å². The van der Waals surface area contributed by atoms with Crippen LogP contribution in [-0.4, -0.2) is 21.5 Å². The molecule has 2 rings (SSSR count). The maximum atomic E-state index is 12.1. The number of halogens is 1. The van der Waals surface area contributed by atoms with Crippen LogP contribution in [0.1, 0.15) is 11.3 Å². The Balaban J connectivity index is 2.48. The molecule has 8 heteroatoms. The Morgan fingerprint density at radius 3 is 2.81 bits per heavy atom. The molecule has 0 fully saturated rings. The molecule has 0 atom stereocenters. The molecule has 1 N–H and O–H groups in total. The molecule has 0 radical (unpaired) electrons. The molecule has 0 saturated heterocycles. The van der Waals surface area contributed by atoms with Crippen LogP contribution in [0.15, 0.2) is 33.8 Å². The summed E-state index contributed by atoms with van der Waals surface area (Å²) in [5, 5.41) is 13.8. The Bertz CT molecular complexity index is 758. The van der Waals surface area contributed by atoms with Crippen LogP contribution in [0.5, 0.6) is 0 Å². The van der Waals surface area contributed by atoms with E-state index in [2.05, 4.69) is 26.2 Å². The highest BCUT2D eigenvalue weighted by atomic mass is 79.9. The van der Waals surface area contributed by atoms with Gasteiger partial charge in [-0.15, -0.1) is 0 Å². The van der Waals surface area contributed by atoms with E-state index >= 15 is 0 Å². The van der Waals surface area contributed by atoms with Crippen LogP contribution in [0.4, 0.5) is 11.4 Å². The zero-order valence-electron chi connectivity index (χ0n) is 11.5. The smallest absolute Gasteiger partial charge is 0.269 e. The molecule has 0 amide bonds. The van der Waals surface area contributed by atoms with E-state index in [0.29, 0.717) is 15.7 Å². The van der Waals surface area contributed by atoms with Crippen LogP contribution < -0.4 is 10.9 Å². The fraction of sp³-hybridized carbons (Fsp3) is 0.231. The summed E-state index contributed by atoms with van der Waals surface area (Å²) < 4.78 is 1.79. The minimum absolute atomic E-state index is 0.0174. The lowest BCUT2D eigenvalue weighted by atomic mass is 10.1. The summed E-state index contributed by atoms with van der Waals surface area (Å²) in [7, 11) is 1.72. The van der Waals surface area contributed by atoms with Gasteiger partial charge in [0.1, 0.15) is 4.47 Å². The van der Waals surface area contributed by atoms with Gasteiger partial charge < -0.3 is 5.32 Å². The molecule has 21 heavy (non-hydrogen) atoms. The van der Waals surface area contributed by atoms with Gasteiger partial charge in [0.15, 0.2) is 0 Å². The predicted molar refractivity (Wildman–Crippen MR) is 82.7 cm³/mol. The second kappa shape index (κ2) is 6.04. The molecule has 1 heterocycles. The van der Waals surface area contributed by atoms with Gasteiger partial charge in [0.25, 0.3) is 11.2 Å². The van der Waals surface area contributed by atoms with Crippen molar-refractivity contribution in [3.63, 3.8) is 0 Å². The molecule has 0 saturated carbocycles. The maximum Gasteiger partial charge on any atom is 0.269 e. The average Bonchev–Trinajstić information content (AvgIpc) is 2.47. The molecular formula is C13H13BrN4O3. The molecule has 0 bridgehead atoms. The molecule has 0 aliphatic rings. The molecule has 0 aliphatic heterocycles. The number of anilines is 1. The van der Waals surface area contributed by atoms with Crippen molar-refractivity contribution in [2.75, 3.05) is 12.4 Å². The third kappa shape index (κ3) is 3.10. The number of aromatic nitrogens is 2. The van der Waals surface area contributed by atoms with Crippen molar-refractivity contribution in [1.29, 1.82) is 0 Å². The first-order chi connectivity index (χ1) is 9.93. The molecule has 0 aliphatic carbocycles. The van der Waals surface area contributed by atoms with E-state index in [0.717, 1.165) is 5.69 Å². The second-order valence-corrected chi connectivity index (χ2v) is 5.22. The number of nitro groups is 1. The summed E-state index contributed by atoms with van der Waals surface area (Å²) in [4.78, 5) is 26.6. The number of nitrogens with one attached hydrogen (secondary N) is 1. The van der Waals surface area contributed by atoms with E-state index in [1.807, 2.05) is 0 Å². The van der Waals surface area contributed by atoms with Crippen LogP contribution in [0, 0.1) is 17.0 Å². The normalized spacial score (nSPS) is 10.4. The molecule has 1 aromatic carbocycles. The van der Waals surface area contributed by atoms with Gasteiger partial charge in [-0.25, -0.2) is 4.98 Å². The number of nitrogens with zero attached hydrogens (tertiary/aromatic N) is 3. The fourth-order valence-electron chi connectivity index (χ4n) is 1.91. The monoisotopic (exact) mass is 352 g/mol. The first kappa shape index (κ1) is 15.2. The summed E-state index contributed by atoms with van der Waals surface area (Å²) in [6.45, 7) is 1.92. The Labute approximate surface area is 128 Å². The van der Waals surface area contributed by atoms with Crippen molar-refractivity contribution in [1.82, 2.24) is 9.55 Å². The average molecular weight is 353 g/mol. The van der Waals surface area contributed by atoms with Gasteiger partial charge in [-0.2, -0.15) is 0 Å². The summed E-state index contributed by atoms with van der Waals surface area (Å²) in [6, 6.07) is 4.49. The Morgan fingerprint density at radius 1 is 1.48 bits per heavy atom. The number of benzene rings is 1. The zero-order chi connectivity index (χ0) is 15.6. The quantitative estimate of drug-likeness (QED) is 0.673. The Kier molecular flexibility index (Phi) is 4.37. The number of hydrogen-bond donors (Lipinski definition) is 1. The number of rotatable bonds is 4. The van der Waals surface area contributed by atoms with E-state index in [1.54, 1.807) is 20.0 Å². The van der Waals surface area contributed by atoms with E-state index in [4.69, 9.17) is 0 Å². The van der Waals surface area contributed by atoms with Crippen molar-refractivity contribution in [2.24, 2.45) is 0 Å². The van der Waals surface area contributed by atoms with Gasteiger partial charge in [-0.1, -0.05) is 0 Å². The van der Waals surface area contributed by atoms with Crippen LogP contribution in [0.2, 0.25) is 0 Å². The van der Waals surface area contributed by atoms with Gasteiger partial charge in [-0.3, -0.25) is 19.5 Å². The van der Waals surface area contributed by atoms with E-state index in [9.17, 15) is 14.9 Å². The maximum absolute atomic E-state index is 12.1. The van der Waals surface area contributed by atoms with Crippen molar-refractivity contribution >= 4 is 27.3 Å². The van der Waals surface area contributed by atoms with Gasteiger partial charge in [0.2, 0.25) is 0 Å². The fourth-order valence-corrected chi connectivity index (χ4v) is 2.24. The zero-order valence-corrected chi connectivity index (χ0v) is 13.0. The largest absolute Gasteiger partial charge is 0.388 e. The second-order valence-electron chi connectivity index (χ2n) is 4.43. The minimum atomic E-state index is -0.463. The number of aryl methyl sites for hydroxylation is 1. The molecule has 110 valence electrons. The lowest BCUT2D eigenvalue weighted by Gasteiger charge is -2.11.